The average Bonchev–Trinajstić information content (AvgIpc) is 3.18. The SMILES string of the molecule is CCCc1cc(Oc2ccc(F)cc2)ccc1OCCc1cc2cc(CC(=O)O)ccc2[nH]1. The quantitative estimate of drug-likeness (QED) is 0.299. The van der Waals surface area contributed by atoms with Crippen LogP contribution in [0.1, 0.15) is 30.2 Å². The minimum absolute atomic E-state index is 0.0145. The molecule has 0 aliphatic rings. The predicted octanol–water partition coefficient (Wildman–Crippen LogP) is 6.30. The summed E-state index contributed by atoms with van der Waals surface area (Å²) in [6.45, 7) is 2.62. The first-order chi connectivity index (χ1) is 16.0. The Morgan fingerprint density at radius 3 is 2.52 bits per heavy atom. The monoisotopic (exact) mass is 447 g/mol. The van der Waals surface area contributed by atoms with Crippen LogP contribution in [0.5, 0.6) is 17.2 Å². The molecule has 2 N–H and O–H groups in total. The highest BCUT2D eigenvalue weighted by atomic mass is 19.1. The zero-order chi connectivity index (χ0) is 23.2. The fraction of sp³-hybridized carbons (Fsp3) is 0.222. The van der Waals surface area contributed by atoms with Crippen molar-refractivity contribution in [3.63, 3.8) is 0 Å². The summed E-state index contributed by atoms with van der Waals surface area (Å²) in [4.78, 5) is 14.3. The molecule has 1 heterocycles. The molecule has 4 rings (SSSR count). The van der Waals surface area contributed by atoms with Crippen molar-refractivity contribution >= 4 is 16.9 Å². The van der Waals surface area contributed by atoms with E-state index in [2.05, 4.69) is 11.9 Å². The minimum atomic E-state index is -0.838. The molecule has 0 bridgehead atoms. The van der Waals surface area contributed by atoms with Gasteiger partial charge in [0.15, 0.2) is 0 Å². The maximum Gasteiger partial charge on any atom is 0.307 e. The van der Waals surface area contributed by atoms with Crippen molar-refractivity contribution in [2.75, 3.05) is 6.61 Å². The number of hydrogen-bond acceptors (Lipinski definition) is 3. The van der Waals surface area contributed by atoms with Crippen molar-refractivity contribution in [2.24, 2.45) is 0 Å². The maximum atomic E-state index is 13.1. The van der Waals surface area contributed by atoms with E-state index in [-0.39, 0.29) is 12.2 Å². The Labute approximate surface area is 191 Å². The van der Waals surface area contributed by atoms with Crippen molar-refractivity contribution in [1.82, 2.24) is 4.98 Å². The number of ether oxygens (including phenoxy) is 2. The molecule has 4 aromatic rings. The first-order valence-electron chi connectivity index (χ1n) is 11.0. The second-order valence-electron chi connectivity index (χ2n) is 7.96. The predicted molar refractivity (Wildman–Crippen MR) is 126 cm³/mol. The van der Waals surface area contributed by atoms with Gasteiger partial charge < -0.3 is 19.6 Å². The van der Waals surface area contributed by atoms with Crippen LogP contribution >= 0.6 is 0 Å². The van der Waals surface area contributed by atoms with Crippen LogP contribution in [0.2, 0.25) is 0 Å². The van der Waals surface area contributed by atoms with Gasteiger partial charge in [-0.15, -0.1) is 0 Å². The molecule has 0 spiro atoms. The van der Waals surface area contributed by atoms with Gasteiger partial charge in [-0.3, -0.25) is 4.79 Å². The lowest BCUT2D eigenvalue weighted by Gasteiger charge is -2.13. The smallest absolute Gasteiger partial charge is 0.307 e. The van der Waals surface area contributed by atoms with E-state index in [1.54, 1.807) is 12.1 Å². The van der Waals surface area contributed by atoms with E-state index in [0.717, 1.165) is 46.3 Å². The van der Waals surface area contributed by atoms with Crippen molar-refractivity contribution in [2.45, 2.75) is 32.6 Å². The second-order valence-corrected chi connectivity index (χ2v) is 7.96. The lowest BCUT2D eigenvalue weighted by atomic mass is 10.1. The summed E-state index contributed by atoms with van der Waals surface area (Å²) in [5.41, 5.74) is 3.86. The van der Waals surface area contributed by atoms with Gasteiger partial charge in [-0.1, -0.05) is 19.4 Å². The highest BCUT2D eigenvalue weighted by molar-refractivity contribution is 5.82. The molecule has 0 unspecified atom stereocenters. The number of hydrogen-bond donors (Lipinski definition) is 2. The van der Waals surface area contributed by atoms with Crippen molar-refractivity contribution in [3.8, 4) is 17.2 Å². The van der Waals surface area contributed by atoms with Crippen molar-refractivity contribution in [1.29, 1.82) is 0 Å². The van der Waals surface area contributed by atoms with Crippen LogP contribution < -0.4 is 9.47 Å². The zero-order valence-electron chi connectivity index (χ0n) is 18.4. The molecule has 0 atom stereocenters. The summed E-state index contributed by atoms with van der Waals surface area (Å²) in [7, 11) is 0. The number of H-pyrrole nitrogens is 1. The standard InChI is InChI=1S/C27H26FNO4/c1-2-3-19-17-24(33-23-7-5-21(28)6-8-23)9-11-26(19)32-13-12-22-16-20-14-18(15-27(30)31)4-10-25(20)29-22/h4-11,14,16-17,29H,2-3,12-13,15H2,1H3,(H,30,31). The molecule has 0 saturated carbocycles. The van der Waals surface area contributed by atoms with Gasteiger partial charge in [-0.2, -0.15) is 0 Å². The Morgan fingerprint density at radius 2 is 1.76 bits per heavy atom. The number of carboxylic acid groups (broad SMARTS) is 1. The average molecular weight is 448 g/mol. The highest BCUT2D eigenvalue weighted by Crippen LogP contribution is 2.29. The van der Waals surface area contributed by atoms with Gasteiger partial charge in [-0.05, 0) is 83.6 Å². The zero-order valence-corrected chi connectivity index (χ0v) is 18.4. The van der Waals surface area contributed by atoms with Crippen LogP contribution in [0, 0.1) is 5.82 Å². The largest absolute Gasteiger partial charge is 0.493 e. The number of nitrogens with one attached hydrogen (secondary N) is 1. The van der Waals surface area contributed by atoms with Gasteiger partial charge in [0.2, 0.25) is 0 Å². The normalized spacial score (nSPS) is 11.0. The van der Waals surface area contributed by atoms with E-state index in [1.165, 1.54) is 12.1 Å². The Balaban J connectivity index is 1.40. The Kier molecular flexibility index (Phi) is 6.93. The Morgan fingerprint density at radius 1 is 0.970 bits per heavy atom. The molecule has 33 heavy (non-hydrogen) atoms. The molecule has 6 heteroatoms. The van der Waals surface area contributed by atoms with E-state index >= 15 is 0 Å². The van der Waals surface area contributed by atoms with Crippen molar-refractivity contribution < 1.29 is 23.8 Å². The van der Waals surface area contributed by atoms with E-state index in [4.69, 9.17) is 14.6 Å². The number of fused-ring (bicyclic) bond motifs is 1. The molecule has 0 saturated heterocycles. The fourth-order valence-corrected chi connectivity index (χ4v) is 3.80. The lowest BCUT2D eigenvalue weighted by Crippen LogP contribution is -2.04. The number of aliphatic carboxylic acids is 1. The molecule has 0 fully saturated rings. The molecule has 1 aromatic heterocycles. The van der Waals surface area contributed by atoms with E-state index < -0.39 is 5.97 Å². The number of aryl methyl sites for hydroxylation is 1. The van der Waals surface area contributed by atoms with Crippen LogP contribution in [-0.4, -0.2) is 22.7 Å². The topological polar surface area (TPSA) is 71.6 Å². The number of carboxylic acids is 1. The Bertz CT molecular complexity index is 1250. The number of carbonyl (C=O) groups is 1. The van der Waals surface area contributed by atoms with Gasteiger partial charge in [0.05, 0.1) is 13.0 Å². The summed E-state index contributed by atoms with van der Waals surface area (Å²) in [5.74, 6) is 0.954. The van der Waals surface area contributed by atoms with Crippen LogP contribution in [0.4, 0.5) is 4.39 Å². The molecule has 0 amide bonds. The molecule has 0 radical (unpaired) electrons. The van der Waals surface area contributed by atoms with Crippen LogP contribution in [-0.2, 0) is 24.1 Å². The van der Waals surface area contributed by atoms with Gasteiger partial charge in [0.1, 0.15) is 23.1 Å². The number of aromatic amines is 1. The van der Waals surface area contributed by atoms with Gasteiger partial charge in [-0.25, -0.2) is 4.39 Å². The van der Waals surface area contributed by atoms with Crippen LogP contribution in [0.15, 0.2) is 66.7 Å². The van der Waals surface area contributed by atoms with E-state index in [1.807, 2.05) is 42.5 Å². The minimum Gasteiger partial charge on any atom is -0.493 e. The third-order valence-corrected chi connectivity index (χ3v) is 5.33. The molecular formula is C27H26FNO4. The summed E-state index contributed by atoms with van der Waals surface area (Å²) in [5, 5.41) is 9.98. The first kappa shape index (κ1) is 22.4. The molecule has 170 valence electrons. The number of benzene rings is 3. The third kappa shape index (κ3) is 5.92. The fourth-order valence-electron chi connectivity index (χ4n) is 3.80. The van der Waals surface area contributed by atoms with Crippen LogP contribution in [0.3, 0.4) is 0 Å². The maximum absolute atomic E-state index is 13.1. The molecule has 0 aliphatic heterocycles. The molecule has 5 nitrogen and oxygen atoms in total. The molecule has 3 aromatic carbocycles. The summed E-state index contributed by atoms with van der Waals surface area (Å²) >= 11 is 0. The lowest BCUT2D eigenvalue weighted by molar-refractivity contribution is -0.136. The Hall–Kier alpha value is -3.80. The molecular weight excluding hydrogens is 421 g/mol. The number of rotatable bonds is 10. The van der Waals surface area contributed by atoms with Gasteiger partial charge in [0, 0.05) is 17.6 Å². The van der Waals surface area contributed by atoms with E-state index in [9.17, 15) is 9.18 Å². The third-order valence-electron chi connectivity index (χ3n) is 5.33. The number of aromatic nitrogens is 1. The van der Waals surface area contributed by atoms with Gasteiger partial charge in [0.25, 0.3) is 0 Å². The number of halogens is 1. The van der Waals surface area contributed by atoms with E-state index in [0.29, 0.717) is 24.5 Å². The first-order valence-corrected chi connectivity index (χ1v) is 11.0. The van der Waals surface area contributed by atoms with Gasteiger partial charge >= 0.3 is 5.97 Å². The second kappa shape index (κ2) is 10.2. The van der Waals surface area contributed by atoms with Crippen molar-refractivity contribution in [3.05, 3.63) is 89.4 Å². The highest BCUT2D eigenvalue weighted by Gasteiger charge is 2.09. The summed E-state index contributed by atoms with van der Waals surface area (Å²) in [6.07, 6.45) is 2.54. The summed E-state index contributed by atoms with van der Waals surface area (Å²) in [6, 6.07) is 19.4. The summed E-state index contributed by atoms with van der Waals surface area (Å²) < 4.78 is 25.0. The molecule has 0 aliphatic carbocycles. The van der Waals surface area contributed by atoms with Crippen LogP contribution in [0.25, 0.3) is 10.9 Å².